The molecule has 152 valence electrons. The van der Waals surface area contributed by atoms with Crippen LogP contribution in [0.25, 0.3) is 22.6 Å². The topological polar surface area (TPSA) is 64.4 Å². The number of rotatable bonds is 5. The van der Waals surface area contributed by atoms with Crippen molar-refractivity contribution in [2.75, 3.05) is 11.9 Å². The van der Waals surface area contributed by atoms with Gasteiger partial charge in [0.25, 0.3) is 5.91 Å². The molecule has 0 aliphatic heterocycles. The first-order chi connectivity index (χ1) is 14.4. The molecule has 30 heavy (non-hydrogen) atoms. The number of fused-ring (bicyclic) bond motifs is 1. The third kappa shape index (κ3) is 4.02. The molecule has 0 fully saturated rings. The molecule has 0 radical (unpaired) electrons. The van der Waals surface area contributed by atoms with Gasteiger partial charge < -0.3 is 14.5 Å². The Balaban J connectivity index is 1.61. The number of oxazole rings is 1. The Morgan fingerprint density at radius 2 is 1.93 bits per heavy atom. The second-order valence-electron chi connectivity index (χ2n) is 7.05. The van der Waals surface area contributed by atoms with E-state index >= 15 is 0 Å². The number of ether oxygens (including phenoxy) is 1. The third-order valence-corrected chi connectivity index (χ3v) is 5.07. The highest BCUT2D eigenvalue weighted by Gasteiger charge is 2.14. The average molecular weight is 421 g/mol. The molecule has 0 unspecified atom stereocenters. The van der Waals surface area contributed by atoms with E-state index in [0.717, 1.165) is 27.8 Å². The van der Waals surface area contributed by atoms with Crippen LogP contribution in [0.15, 0.2) is 59.0 Å². The van der Waals surface area contributed by atoms with Gasteiger partial charge in [0.2, 0.25) is 5.89 Å². The van der Waals surface area contributed by atoms with Gasteiger partial charge in [0.15, 0.2) is 5.58 Å². The zero-order chi connectivity index (χ0) is 21.3. The van der Waals surface area contributed by atoms with Crippen molar-refractivity contribution in [2.24, 2.45) is 0 Å². The molecule has 1 N–H and O–H groups in total. The minimum Gasteiger partial charge on any atom is -0.492 e. The first kappa shape index (κ1) is 20.0. The smallest absolute Gasteiger partial charge is 0.255 e. The van der Waals surface area contributed by atoms with Crippen LogP contribution < -0.4 is 10.1 Å². The molecule has 1 amide bonds. The van der Waals surface area contributed by atoms with E-state index < -0.39 is 0 Å². The van der Waals surface area contributed by atoms with Crippen molar-refractivity contribution in [2.45, 2.75) is 20.8 Å². The van der Waals surface area contributed by atoms with Gasteiger partial charge in [-0.05, 0) is 74.4 Å². The molecule has 6 heteroatoms. The summed E-state index contributed by atoms with van der Waals surface area (Å²) in [7, 11) is 0. The fourth-order valence-electron chi connectivity index (χ4n) is 3.16. The lowest BCUT2D eigenvalue weighted by atomic mass is 10.1. The minimum absolute atomic E-state index is 0.256. The Bertz CT molecular complexity index is 1250. The quantitative estimate of drug-likeness (QED) is 0.404. The predicted molar refractivity (Wildman–Crippen MR) is 119 cm³/mol. The summed E-state index contributed by atoms with van der Waals surface area (Å²) in [4.78, 5) is 17.3. The SMILES string of the molecule is CCOc1ccc(C(=O)Nc2cc(-c3nc4cc(C)ccc4o3)ccc2C)cc1Cl. The molecular formula is C24H21ClN2O3. The molecule has 1 heterocycles. The highest BCUT2D eigenvalue weighted by atomic mass is 35.5. The van der Waals surface area contributed by atoms with Crippen molar-refractivity contribution in [3.63, 3.8) is 0 Å². The van der Waals surface area contributed by atoms with Gasteiger partial charge >= 0.3 is 0 Å². The Morgan fingerprint density at radius 3 is 2.70 bits per heavy atom. The number of carbonyl (C=O) groups is 1. The maximum atomic E-state index is 12.8. The standard InChI is InChI=1S/C24H21ClN2O3/c1-4-29-21-10-8-16(12-18(21)25)23(28)26-19-13-17(7-6-15(19)3)24-27-20-11-14(2)5-9-22(20)30-24/h5-13H,4H2,1-3H3,(H,26,28). The van der Waals surface area contributed by atoms with Gasteiger partial charge in [-0.25, -0.2) is 4.98 Å². The fourth-order valence-corrected chi connectivity index (χ4v) is 3.39. The summed E-state index contributed by atoms with van der Waals surface area (Å²) >= 11 is 6.22. The monoisotopic (exact) mass is 420 g/mol. The molecule has 0 atom stereocenters. The zero-order valence-corrected chi connectivity index (χ0v) is 17.7. The molecule has 0 saturated carbocycles. The van der Waals surface area contributed by atoms with Crippen LogP contribution in [0.3, 0.4) is 0 Å². The molecule has 0 bridgehead atoms. The largest absolute Gasteiger partial charge is 0.492 e. The molecule has 5 nitrogen and oxygen atoms in total. The lowest BCUT2D eigenvalue weighted by Crippen LogP contribution is -2.13. The molecule has 4 aromatic rings. The van der Waals surface area contributed by atoms with Gasteiger partial charge in [-0.15, -0.1) is 0 Å². The number of anilines is 1. The van der Waals surface area contributed by atoms with E-state index in [1.165, 1.54) is 0 Å². The van der Waals surface area contributed by atoms with Crippen molar-refractivity contribution < 1.29 is 13.9 Å². The first-order valence-corrected chi connectivity index (χ1v) is 10.0. The Morgan fingerprint density at radius 1 is 1.10 bits per heavy atom. The molecule has 0 aliphatic rings. The van der Waals surface area contributed by atoms with Gasteiger partial charge in [-0.3, -0.25) is 4.79 Å². The summed E-state index contributed by atoms with van der Waals surface area (Å²) in [6, 6.07) is 16.6. The minimum atomic E-state index is -0.256. The van der Waals surface area contributed by atoms with E-state index in [1.807, 2.05) is 57.2 Å². The highest BCUT2D eigenvalue weighted by molar-refractivity contribution is 6.32. The third-order valence-electron chi connectivity index (χ3n) is 4.77. The van der Waals surface area contributed by atoms with Crippen LogP contribution >= 0.6 is 11.6 Å². The zero-order valence-electron chi connectivity index (χ0n) is 17.0. The highest BCUT2D eigenvalue weighted by Crippen LogP contribution is 2.29. The van der Waals surface area contributed by atoms with E-state index in [0.29, 0.717) is 34.5 Å². The molecular weight excluding hydrogens is 400 g/mol. The van der Waals surface area contributed by atoms with Crippen LogP contribution in [0.5, 0.6) is 5.75 Å². The lowest BCUT2D eigenvalue weighted by molar-refractivity contribution is 0.102. The van der Waals surface area contributed by atoms with Gasteiger partial charge in [0.05, 0.1) is 11.6 Å². The number of aryl methyl sites for hydroxylation is 2. The Labute approximate surface area is 179 Å². The van der Waals surface area contributed by atoms with Crippen LogP contribution in [0.2, 0.25) is 5.02 Å². The number of hydrogen-bond acceptors (Lipinski definition) is 4. The average Bonchev–Trinajstić information content (AvgIpc) is 3.14. The van der Waals surface area contributed by atoms with Crippen molar-refractivity contribution >= 4 is 34.3 Å². The summed E-state index contributed by atoms with van der Waals surface area (Å²) in [5.74, 6) is 0.809. The number of benzene rings is 3. The first-order valence-electron chi connectivity index (χ1n) is 9.66. The van der Waals surface area contributed by atoms with Gasteiger partial charge in [-0.2, -0.15) is 0 Å². The normalized spacial score (nSPS) is 10.9. The lowest BCUT2D eigenvalue weighted by Gasteiger charge is -2.11. The van der Waals surface area contributed by atoms with Crippen molar-refractivity contribution in [3.05, 3.63) is 76.3 Å². The number of nitrogens with zero attached hydrogens (tertiary/aromatic N) is 1. The van der Waals surface area contributed by atoms with Crippen LogP contribution in [0.1, 0.15) is 28.4 Å². The number of halogens is 1. The second kappa shape index (κ2) is 8.20. The molecule has 3 aromatic carbocycles. The van der Waals surface area contributed by atoms with Crippen LogP contribution in [-0.4, -0.2) is 17.5 Å². The van der Waals surface area contributed by atoms with E-state index in [4.69, 9.17) is 20.8 Å². The number of nitrogens with one attached hydrogen (secondary N) is 1. The van der Waals surface area contributed by atoms with Gasteiger partial charge in [0, 0.05) is 16.8 Å². The molecule has 1 aromatic heterocycles. The van der Waals surface area contributed by atoms with Crippen LogP contribution in [0, 0.1) is 13.8 Å². The van der Waals surface area contributed by atoms with Crippen molar-refractivity contribution in [1.29, 1.82) is 0 Å². The van der Waals surface area contributed by atoms with Crippen LogP contribution in [0.4, 0.5) is 5.69 Å². The van der Waals surface area contributed by atoms with Gasteiger partial charge in [-0.1, -0.05) is 23.7 Å². The Hall–Kier alpha value is -3.31. The van der Waals surface area contributed by atoms with E-state index in [-0.39, 0.29) is 5.91 Å². The van der Waals surface area contributed by atoms with Crippen molar-refractivity contribution in [3.8, 4) is 17.2 Å². The number of carbonyl (C=O) groups excluding carboxylic acids is 1. The van der Waals surface area contributed by atoms with E-state index in [9.17, 15) is 4.79 Å². The summed E-state index contributed by atoms with van der Waals surface area (Å²) < 4.78 is 11.3. The fraction of sp³-hybridized carbons (Fsp3) is 0.167. The summed E-state index contributed by atoms with van der Waals surface area (Å²) in [5.41, 5.74) is 5.50. The molecule has 0 aliphatic carbocycles. The van der Waals surface area contributed by atoms with Crippen molar-refractivity contribution in [1.82, 2.24) is 4.98 Å². The van der Waals surface area contributed by atoms with Gasteiger partial charge in [0.1, 0.15) is 11.3 Å². The summed E-state index contributed by atoms with van der Waals surface area (Å²) in [5, 5.41) is 3.35. The second-order valence-corrected chi connectivity index (χ2v) is 7.46. The number of hydrogen-bond donors (Lipinski definition) is 1. The maximum Gasteiger partial charge on any atom is 0.255 e. The number of aromatic nitrogens is 1. The Kier molecular flexibility index (Phi) is 5.46. The predicted octanol–water partition coefficient (Wildman–Crippen LogP) is 6.42. The summed E-state index contributed by atoms with van der Waals surface area (Å²) in [6.45, 7) is 6.33. The van der Waals surface area contributed by atoms with E-state index in [1.54, 1.807) is 18.2 Å². The summed E-state index contributed by atoms with van der Waals surface area (Å²) in [6.07, 6.45) is 0. The number of amides is 1. The maximum absolute atomic E-state index is 12.8. The van der Waals surface area contributed by atoms with E-state index in [2.05, 4.69) is 10.3 Å². The molecule has 0 saturated heterocycles. The van der Waals surface area contributed by atoms with Crippen LogP contribution in [-0.2, 0) is 0 Å². The molecule has 4 rings (SSSR count). The molecule has 0 spiro atoms.